The van der Waals surface area contributed by atoms with Crippen LogP contribution in [0, 0.1) is 0 Å². The summed E-state index contributed by atoms with van der Waals surface area (Å²) >= 11 is 11.8. The van der Waals surface area contributed by atoms with Gasteiger partial charge in [-0.05, 0) is 29.8 Å². The van der Waals surface area contributed by atoms with E-state index >= 15 is 0 Å². The third kappa shape index (κ3) is 5.54. The Hall–Kier alpha value is -2.90. The highest BCUT2D eigenvalue weighted by Crippen LogP contribution is 2.23. The highest BCUT2D eigenvalue weighted by molar-refractivity contribution is 6.42. The molecule has 27 heavy (non-hydrogen) atoms. The molecule has 1 aromatic heterocycles. The first kappa shape index (κ1) is 18.9. The Morgan fingerprint density at radius 2 is 1.81 bits per heavy atom. The molecule has 0 saturated heterocycles. The number of anilines is 3. The second kappa shape index (κ2) is 8.66. The minimum absolute atomic E-state index is 0.0268. The fraction of sp³-hybridized carbons (Fsp3) is 0.111. The molecule has 0 aliphatic carbocycles. The summed E-state index contributed by atoms with van der Waals surface area (Å²) in [4.78, 5) is 24.2. The monoisotopic (exact) mass is 403 g/mol. The SMILES string of the molecule is Nc1nc(COC(=O)Cc2ccc(Cl)c(Cl)c2)nc(Nc2ccccc2)n1. The van der Waals surface area contributed by atoms with Gasteiger partial charge in [-0.3, -0.25) is 4.79 Å². The molecule has 0 aliphatic heterocycles. The molecule has 0 fully saturated rings. The molecule has 0 amide bonds. The van der Waals surface area contributed by atoms with E-state index in [9.17, 15) is 4.79 Å². The maximum absolute atomic E-state index is 12.0. The lowest BCUT2D eigenvalue weighted by molar-refractivity contribution is -0.144. The van der Waals surface area contributed by atoms with Gasteiger partial charge in [-0.2, -0.15) is 15.0 Å². The second-order valence-corrected chi connectivity index (χ2v) is 6.32. The average Bonchev–Trinajstić information content (AvgIpc) is 2.63. The zero-order valence-corrected chi connectivity index (χ0v) is 15.5. The Morgan fingerprint density at radius 3 is 2.56 bits per heavy atom. The number of ether oxygens (including phenoxy) is 1. The molecule has 2 aromatic carbocycles. The van der Waals surface area contributed by atoms with Crippen LogP contribution in [0.25, 0.3) is 0 Å². The number of hydrogen-bond donors (Lipinski definition) is 2. The van der Waals surface area contributed by atoms with Gasteiger partial charge in [-0.15, -0.1) is 0 Å². The van der Waals surface area contributed by atoms with Gasteiger partial charge in [0.25, 0.3) is 0 Å². The topological polar surface area (TPSA) is 103 Å². The van der Waals surface area contributed by atoms with Crippen molar-refractivity contribution in [2.24, 2.45) is 0 Å². The van der Waals surface area contributed by atoms with Crippen molar-refractivity contribution in [3.05, 3.63) is 70.0 Å². The van der Waals surface area contributed by atoms with Crippen LogP contribution in [0.2, 0.25) is 10.0 Å². The van der Waals surface area contributed by atoms with E-state index in [1.54, 1.807) is 18.2 Å². The maximum Gasteiger partial charge on any atom is 0.310 e. The van der Waals surface area contributed by atoms with Crippen LogP contribution < -0.4 is 11.1 Å². The van der Waals surface area contributed by atoms with Crippen LogP contribution in [-0.4, -0.2) is 20.9 Å². The number of aromatic nitrogens is 3. The van der Waals surface area contributed by atoms with Crippen LogP contribution in [0.15, 0.2) is 48.5 Å². The Balaban J connectivity index is 1.61. The van der Waals surface area contributed by atoms with Crippen molar-refractivity contribution in [1.29, 1.82) is 0 Å². The normalized spacial score (nSPS) is 10.4. The van der Waals surface area contributed by atoms with Gasteiger partial charge in [0.1, 0.15) is 0 Å². The van der Waals surface area contributed by atoms with E-state index in [1.807, 2.05) is 30.3 Å². The van der Waals surface area contributed by atoms with Crippen molar-refractivity contribution in [3.8, 4) is 0 Å². The summed E-state index contributed by atoms with van der Waals surface area (Å²) in [6, 6.07) is 14.3. The summed E-state index contributed by atoms with van der Waals surface area (Å²) in [5, 5.41) is 3.82. The third-order valence-electron chi connectivity index (χ3n) is 3.42. The minimum atomic E-state index is -0.454. The zero-order valence-electron chi connectivity index (χ0n) is 14.0. The number of nitrogens with two attached hydrogens (primary N) is 1. The molecule has 138 valence electrons. The van der Waals surface area contributed by atoms with Crippen molar-refractivity contribution in [2.75, 3.05) is 11.1 Å². The summed E-state index contributed by atoms with van der Waals surface area (Å²) < 4.78 is 5.21. The Morgan fingerprint density at radius 1 is 1.04 bits per heavy atom. The van der Waals surface area contributed by atoms with Crippen molar-refractivity contribution >= 4 is 46.8 Å². The highest BCUT2D eigenvalue weighted by Gasteiger charge is 2.10. The molecule has 3 N–H and O–H groups in total. The number of halogens is 2. The second-order valence-electron chi connectivity index (χ2n) is 5.51. The zero-order chi connectivity index (χ0) is 19.2. The van der Waals surface area contributed by atoms with Crippen molar-refractivity contribution in [3.63, 3.8) is 0 Å². The Kier molecular flexibility index (Phi) is 6.05. The van der Waals surface area contributed by atoms with Gasteiger partial charge in [0.15, 0.2) is 12.4 Å². The number of carbonyl (C=O) groups is 1. The highest BCUT2D eigenvalue weighted by atomic mass is 35.5. The first-order chi connectivity index (χ1) is 13.0. The van der Waals surface area contributed by atoms with E-state index < -0.39 is 5.97 Å². The van der Waals surface area contributed by atoms with Crippen molar-refractivity contribution in [2.45, 2.75) is 13.0 Å². The fourth-order valence-electron chi connectivity index (χ4n) is 2.22. The number of hydrogen-bond acceptors (Lipinski definition) is 7. The molecular weight excluding hydrogens is 389 g/mol. The third-order valence-corrected chi connectivity index (χ3v) is 4.16. The van der Waals surface area contributed by atoms with E-state index in [0.29, 0.717) is 15.6 Å². The van der Waals surface area contributed by atoms with Crippen LogP contribution in [0.1, 0.15) is 11.4 Å². The molecule has 9 heteroatoms. The number of para-hydroxylation sites is 1. The molecule has 1 heterocycles. The van der Waals surface area contributed by atoms with E-state index in [0.717, 1.165) is 5.69 Å². The lowest BCUT2D eigenvalue weighted by Gasteiger charge is -2.08. The molecule has 0 radical (unpaired) electrons. The van der Waals surface area contributed by atoms with Gasteiger partial charge in [-0.1, -0.05) is 47.5 Å². The molecule has 0 spiro atoms. The van der Waals surface area contributed by atoms with E-state index in [-0.39, 0.29) is 30.7 Å². The Labute approximate surface area is 165 Å². The molecule has 0 atom stereocenters. The van der Waals surface area contributed by atoms with Gasteiger partial charge in [0.05, 0.1) is 16.5 Å². The lowest BCUT2D eigenvalue weighted by atomic mass is 10.1. The number of carbonyl (C=O) groups excluding carboxylic acids is 1. The molecule has 7 nitrogen and oxygen atoms in total. The Bertz CT molecular complexity index is 954. The summed E-state index contributed by atoms with van der Waals surface area (Å²) in [6.07, 6.45) is 0.0482. The largest absolute Gasteiger partial charge is 0.457 e. The van der Waals surface area contributed by atoms with Gasteiger partial charge >= 0.3 is 5.97 Å². The minimum Gasteiger partial charge on any atom is -0.457 e. The van der Waals surface area contributed by atoms with Gasteiger partial charge in [0, 0.05) is 5.69 Å². The van der Waals surface area contributed by atoms with Crippen LogP contribution in [-0.2, 0) is 22.6 Å². The molecule has 3 rings (SSSR count). The number of esters is 1. The van der Waals surface area contributed by atoms with Crippen molar-refractivity contribution in [1.82, 2.24) is 15.0 Å². The lowest BCUT2D eigenvalue weighted by Crippen LogP contribution is -2.12. The van der Waals surface area contributed by atoms with Crippen LogP contribution >= 0.6 is 23.2 Å². The summed E-state index contributed by atoms with van der Waals surface area (Å²) in [5.74, 6) is 0.0801. The van der Waals surface area contributed by atoms with E-state index in [4.69, 9.17) is 33.7 Å². The standard InChI is InChI=1S/C18H15Cl2N5O2/c19-13-7-6-11(8-14(13)20)9-16(26)27-10-15-23-17(21)25-18(24-15)22-12-4-2-1-3-5-12/h1-8H,9-10H2,(H3,21,22,23,24,25). The smallest absolute Gasteiger partial charge is 0.310 e. The van der Waals surface area contributed by atoms with Gasteiger partial charge < -0.3 is 15.8 Å². The van der Waals surface area contributed by atoms with Crippen LogP contribution in [0.3, 0.4) is 0 Å². The number of nitrogens with zero attached hydrogens (tertiary/aromatic N) is 3. The van der Waals surface area contributed by atoms with Gasteiger partial charge in [-0.25, -0.2) is 0 Å². The fourth-order valence-corrected chi connectivity index (χ4v) is 2.54. The quantitative estimate of drug-likeness (QED) is 0.603. The molecule has 3 aromatic rings. The number of nitrogens with one attached hydrogen (secondary N) is 1. The number of benzene rings is 2. The summed E-state index contributed by atoms with van der Waals surface area (Å²) in [7, 11) is 0. The van der Waals surface area contributed by atoms with Crippen LogP contribution in [0.5, 0.6) is 0 Å². The predicted octanol–water partition coefficient (Wildman–Crippen LogP) is 3.79. The molecule has 0 bridgehead atoms. The molecular formula is C18H15Cl2N5O2. The maximum atomic E-state index is 12.0. The molecule has 0 saturated carbocycles. The average molecular weight is 404 g/mol. The summed E-state index contributed by atoms with van der Waals surface area (Å²) in [6.45, 7) is -0.129. The first-order valence-corrected chi connectivity index (χ1v) is 8.67. The first-order valence-electron chi connectivity index (χ1n) is 7.91. The number of nitrogen functional groups attached to an aromatic ring is 1. The molecule has 0 unspecified atom stereocenters. The van der Waals surface area contributed by atoms with Crippen LogP contribution in [0.4, 0.5) is 17.6 Å². The predicted molar refractivity (Wildman–Crippen MR) is 104 cm³/mol. The molecule has 0 aliphatic rings. The van der Waals surface area contributed by atoms with E-state index in [2.05, 4.69) is 20.3 Å². The van der Waals surface area contributed by atoms with E-state index in [1.165, 1.54) is 0 Å². The summed E-state index contributed by atoms with van der Waals surface area (Å²) in [5.41, 5.74) is 7.19. The number of rotatable bonds is 6. The van der Waals surface area contributed by atoms with Crippen molar-refractivity contribution < 1.29 is 9.53 Å². The van der Waals surface area contributed by atoms with Gasteiger partial charge in [0.2, 0.25) is 11.9 Å².